The van der Waals surface area contributed by atoms with Crippen molar-refractivity contribution in [3.05, 3.63) is 82.5 Å². The number of benzene rings is 2. The molecule has 0 spiro atoms. The fraction of sp³-hybridized carbons (Fsp3) is 0.426. The molecule has 0 atom stereocenters. The minimum absolute atomic E-state index is 0.138. The van der Waals surface area contributed by atoms with Gasteiger partial charge in [0.25, 0.3) is 11.8 Å². The number of piperazine rings is 1. The molecule has 2 aromatic carbocycles. The van der Waals surface area contributed by atoms with Gasteiger partial charge in [-0.05, 0) is 91.3 Å². The van der Waals surface area contributed by atoms with Crippen molar-refractivity contribution >= 4 is 63.7 Å². The fourth-order valence-corrected chi connectivity index (χ4v) is 8.14. The molecule has 366 valence electrons. The number of carbonyl (C=O) groups is 5. The molecule has 7 rings (SSSR count). The zero-order valence-electron chi connectivity index (χ0n) is 40.3. The van der Waals surface area contributed by atoms with Gasteiger partial charge in [-0.15, -0.1) is 0 Å². The number of nitrogens with one attached hydrogen (secondary N) is 2. The van der Waals surface area contributed by atoms with Crippen LogP contribution in [0.25, 0.3) is 22.1 Å². The molecule has 1 aliphatic heterocycles. The highest BCUT2D eigenvalue weighted by Crippen LogP contribution is 2.33. The van der Waals surface area contributed by atoms with Crippen molar-refractivity contribution in [1.29, 1.82) is 0 Å². The van der Waals surface area contributed by atoms with E-state index in [0.717, 1.165) is 0 Å². The number of nitrogens with two attached hydrogens (primary N) is 2. The van der Waals surface area contributed by atoms with Crippen LogP contribution < -0.4 is 31.6 Å². The number of methoxy groups -OCH3 is 1. The van der Waals surface area contributed by atoms with Crippen LogP contribution >= 0.6 is 0 Å². The lowest BCUT2D eigenvalue weighted by atomic mass is 10.1. The average molecular weight is 949 g/mol. The molecule has 0 bridgehead atoms. The van der Waals surface area contributed by atoms with E-state index in [1.165, 1.54) is 19.2 Å². The summed E-state index contributed by atoms with van der Waals surface area (Å²) in [5.41, 5.74) is 14.9. The number of hydrogen-bond donors (Lipinski definition) is 4. The number of aryl methyl sites for hydroxylation is 4. The van der Waals surface area contributed by atoms with Gasteiger partial charge in [0, 0.05) is 70.0 Å². The number of ether oxygens (including phenoxy) is 3. The molecule has 1 aliphatic rings. The highest BCUT2D eigenvalue weighted by atomic mass is 16.6. The minimum Gasteiger partial charge on any atom is -0.494 e. The fourth-order valence-electron chi connectivity index (χ4n) is 8.14. The van der Waals surface area contributed by atoms with Gasteiger partial charge in [0.1, 0.15) is 39.5 Å². The molecule has 0 radical (unpaired) electrons. The molecule has 22 heteroatoms. The first-order valence-electron chi connectivity index (χ1n) is 22.8. The van der Waals surface area contributed by atoms with Crippen LogP contribution in [0.1, 0.15) is 94.1 Å². The summed E-state index contributed by atoms with van der Waals surface area (Å²) in [7, 11) is 1.46. The van der Waals surface area contributed by atoms with Crippen molar-refractivity contribution in [3.63, 3.8) is 0 Å². The third-order valence-electron chi connectivity index (χ3n) is 11.4. The van der Waals surface area contributed by atoms with E-state index in [-0.39, 0.29) is 48.8 Å². The Kier molecular flexibility index (Phi) is 14.7. The number of amides is 5. The monoisotopic (exact) mass is 948 g/mol. The largest absolute Gasteiger partial charge is 0.494 e. The summed E-state index contributed by atoms with van der Waals surface area (Å²) >= 11 is 0. The second-order valence-electron chi connectivity index (χ2n) is 17.6. The maximum Gasteiger partial charge on any atom is 0.410 e. The maximum atomic E-state index is 13.9. The lowest BCUT2D eigenvalue weighted by molar-refractivity contribution is 0.0141. The normalized spacial score (nSPS) is 13.4. The van der Waals surface area contributed by atoms with Gasteiger partial charge < -0.3 is 39.7 Å². The van der Waals surface area contributed by atoms with E-state index in [0.29, 0.717) is 109 Å². The van der Waals surface area contributed by atoms with Gasteiger partial charge in [-0.25, -0.2) is 14.8 Å². The van der Waals surface area contributed by atoms with Gasteiger partial charge in [0.05, 0.1) is 36.1 Å². The van der Waals surface area contributed by atoms with Crippen LogP contribution in [0.15, 0.2) is 48.6 Å². The second kappa shape index (κ2) is 20.6. The number of aromatic nitrogens is 8. The highest BCUT2D eigenvalue weighted by Gasteiger charge is 2.27. The molecular formula is C47H60N14O8. The maximum absolute atomic E-state index is 13.9. The second-order valence-corrected chi connectivity index (χ2v) is 17.6. The zero-order valence-corrected chi connectivity index (χ0v) is 40.3. The number of allylic oxidation sites excluding steroid dienone is 2. The van der Waals surface area contributed by atoms with Crippen LogP contribution in [0, 0.1) is 13.8 Å². The van der Waals surface area contributed by atoms with E-state index in [1.54, 1.807) is 61.5 Å². The van der Waals surface area contributed by atoms with Crippen molar-refractivity contribution in [1.82, 2.24) is 48.5 Å². The topological polar surface area (TPSA) is 267 Å². The smallest absolute Gasteiger partial charge is 0.410 e. The summed E-state index contributed by atoms with van der Waals surface area (Å²) in [4.78, 5) is 78.7. The molecule has 69 heavy (non-hydrogen) atoms. The summed E-state index contributed by atoms with van der Waals surface area (Å²) in [5, 5.41) is 14.7. The van der Waals surface area contributed by atoms with Gasteiger partial charge in [0.15, 0.2) is 0 Å². The van der Waals surface area contributed by atoms with Crippen LogP contribution in [0.5, 0.6) is 11.5 Å². The van der Waals surface area contributed by atoms with Crippen LogP contribution in [0.4, 0.5) is 16.7 Å². The van der Waals surface area contributed by atoms with Gasteiger partial charge in [-0.3, -0.25) is 44.1 Å². The molecule has 4 aromatic heterocycles. The zero-order chi connectivity index (χ0) is 49.7. The third-order valence-corrected chi connectivity index (χ3v) is 11.4. The molecule has 0 saturated carbocycles. The molecule has 1 saturated heterocycles. The molecule has 5 amide bonds. The Morgan fingerprint density at radius 1 is 0.710 bits per heavy atom. The lowest BCUT2D eigenvalue weighted by Gasteiger charge is -2.35. The van der Waals surface area contributed by atoms with Crippen LogP contribution in [-0.4, -0.2) is 130 Å². The van der Waals surface area contributed by atoms with Crippen LogP contribution in [0.3, 0.4) is 0 Å². The van der Waals surface area contributed by atoms with Crippen LogP contribution in [-0.2, 0) is 30.9 Å². The molecule has 5 heterocycles. The standard InChI is InChI=1S/C47H60N14O8/c1-9-60-34(22-28(3)54-60)42(64)52-44-50-32-24-30(40(48)62)26-36(67-8)38(32)58(44)15-11-12-16-59-39-33(51-45(59)53-43(65)35-23-29(4)55-61(35)10-2)25-31(41(49)63)27-37(39)68-21-13-14-56-17-19-57(20-18-56)46(66)69-47(5,6)7/h11-12,22-27H,9-10,13-21H2,1-8H3,(H2,48,62)(H2,49,63)(H,50,52,64)(H,51,53,65). The number of imidazole rings is 2. The van der Waals surface area contributed by atoms with Gasteiger partial charge in [-0.2, -0.15) is 10.2 Å². The van der Waals surface area contributed by atoms with Gasteiger partial charge in [0.2, 0.25) is 23.7 Å². The van der Waals surface area contributed by atoms with E-state index in [4.69, 9.17) is 35.6 Å². The number of anilines is 2. The molecular weight excluding hydrogens is 889 g/mol. The van der Waals surface area contributed by atoms with Crippen LogP contribution in [0.2, 0.25) is 0 Å². The lowest BCUT2D eigenvalue weighted by Crippen LogP contribution is -2.50. The first-order chi connectivity index (χ1) is 32.9. The SMILES string of the molecule is CCn1nc(C)cc1C(=O)Nc1nc2cc(C(N)=O)cc(OC)c2n1CC=CCn1c(NC(=O)c2cc(C)nn2CC)nc2cc(C(N)=O)cc(OCCCN3CCN(C(=O)OC(C)(C)C)CC3)c21. The summed E-state index contributed by atoms with van der Waals surface area (Å²) < 4.78 is 24.4. The Hall–Kier alpha value is -7.75. The quantitative estimate of drug-likeness (QED) is 0.0672. The molecule has 6 aromatic rings. The predicted octanol–water partition coefficient (Wildman–Crippen LogP) is 4.72. The summed E-state index contributed by atoms with van der Waals surface area (Å²) in [5.74, 6) is -1.29. The number of carbonyl (C=O) groups excluding carboxylic acids is 5. The number of rotatable bonds is 18. The Labute approximate surface area is 398 Å². The van der Waals surface area contributed by atoms with Crippen molar-refractivity contribution in [2.45, 2.75) is 86.7 Å². The molecule has 1 fully saturated rings. The van der Waals surface area contributed by atoms with E-state index in [9.17, 15) is 24.0 Å². The van der Waals surface area contributed by atoms with E-state index >= 15 is 0 Å². The minimum atomic E-state index is -0.685. The predicted molar refractivity (Wildman–Crippen MR) is 258 cm³/mol. The number of fused-ring (bicyclic) bond motifs is 2. The number of hydrogen-bond acceptors (Lipinski definition) is 13. The average Bonchev–Trinajstić information content (AvgIpc) is 4.07. The first-order valence-corrected chi connectivity index (χ1v) is 22.8. The van der Waals surface area contributed by atoms with Crippen molar-refractivity contribution < 1.29 is 38.2 Å². The van der Waals surface area contributed by atoms with E-state index in [1.807, 2.05) is 46.8 Å². The Morgan fingerprint density at radius 2 is 1.19 bits per heavy atom. The Bertz CT molecular complexity index is 2950. The number of primary amides is 2. The molecule has 0 unspecified atom stereocenters. The summed E-state index contributed by atoms with van der Waals surface area (Å²) in [6.45, 7) is 17.5. The summed E-state index contributed by atoms with van der Waals surface area (Å²) in [6, 6.07) is 9.54. The number of nitrogens with zero attached hydrogens (tertiary/aromatic N) is 10. The van der Waals surface area contributed by atoms with Crippen molar-refractivity contribution in [2.75, 3.05) is 57.1 Å². The van der Waals surface area contributed by atoms with Crippen molar-refractivity contribution in [2.24, 2.45) is 11.5 Å². The summed E-state index contributed by atoms with van der Waals surface area (Å²) in [6.07, 6.45) is 3.98. The molecule has 6 N–H and O–H groups in total. The third kappa shape index (κ3) is 11.2. The van der Waals surface area contributed by atoms with Gasteiger partial charge in [-0.1, -0.05) is 12.2 Å². The Morgan fingerprint density at radius 3 is 1.64 bits per heavy atom. The Balaban J connectivity index is 1.19. The molecule has 22 nitrogen and oxygen atoms in total. The van der Waals surface area contributed by atoms with E-state index in [2.05, 4.69) is 25.7 Å². The first kappa shape index (κ1) is 49.2. The van der Waals surface area contributed by atoms with E-state index < -0.39 is 29.2 Å². The highest BCUT2D eigenvalue weighted by molar-refractivity contribution is 6.05. The van der Waals surface area contributed by atoms with Crippen molar-refractivity contribution in [3.8, 4) is 11.5 Å². The van der Waals surface area contributed by atoms with Gasteiger partial charge >= 0.3 is 6.09 Å². The molecule has 0 aliphatic carbocycles.